The van der Waals surface area contributed by atoms with Gasteiger partial charge in [-0.2, -0.15) is 57.1 Å². The third-order valence-electron chi connectivity index (χ3n) is 6.06. The van der Waals surface area contributed by atoms with Gasteiger partial charge in [0.25, 0.3) is 0 Å². The predicted molar refractivity (Wildman–Crippen MR) is 94.4 cm³/mol. The fraction of sp³-hybridized carbons (Fsp3) is 0.700. The minimum atomic E-state index is -7.87. The Hall–Kier alpha value is -1.73. The Morgan fingerprint density at radius 2 is 1.21 bits per heavy atom. The zero-order valence-electron chi connectivity index (χ0n) is 17.7. The van der Waals surface area contributed by atoms with Crippen molar-refractivity contribution in [1.29, 1.82) is 0 Å². The first-order valence-corrected chi connectivity index (χ1v) is 9.77. The van der Waals surface area contributed by atoms with Crippen LogP contribution >= 0.6 is 0 Å². The van der Waals surface area contributed by atoms with Gasteiger partial charge in [-0.25, -0.2) is 0 Å². The second-order valence-electron chi connectivity index (χ2n) is 8.91. The van der Waals surface area contributed by atoms with E-state index < -0.39 is 53.7 Å². The van der Waals surface area contributed by atoms with E-state index in [0.717, 1.165) is 0 Å². The van der Waals surface area contributed by atoms with Gasteiger partial charge in [0, 0.05) is 19.0 Å². The molecule has 1 fully saturated rings. The zero-order valence-corrected chi connectivity index (χ0v) is 17.7. The third kappa shape index (κ3) is 4.46. The van der Waals surface area contributed by atoms with Crippen LogP contribution in [0, 0.1) is 5.41 Å². The maximum Gasteiger partial charge on any atom is 0.460 e. The van der Waals surface area contributed by atoms with Gasteiger partial charge in [-0.15, -0.1) is 0 Å². The molecule has 2 rings (SSSR count). The Bertz CT molecular complexity index is 846. The number of hydrogen-bond donors (Lipinski definition) is 0. The number of rotatable bonds is 8. The van der Waals surface area contributed by atoms with Crippen molar-refractivity contribution in [1.82, 2.24) is 4.90 Å². The van der Waals surface area contributed by atoms with Gasteiger partial charge in [0.2, 0.25) is 0 Å². The molecule has 1 nitrogen and oxygen atoms in total. The largest absolute Gasteiger partial charge is 0.460 e. The van der Waals surface area contributed by atoms with Crippen molar-refractivity contribution in [2.75, 3.05) is 6.54 Å². The molecule has 1 aliphatic heterocycles. The molecule has 1 heterocycles. The fourth-order valence-electron chi connectivity index (χ4n) is 3.83. The molecule has 1 aliphatic rings. The summed E-state index contributed by atoms with van der Waals surface area (Å²) < 4.78 is 175. The molecule has 1 unspecified atom stereocenters. The summed E-state index contributed by atoms with van der Waals surface area (Å²) in [5.74, 6) is -36.7. The molecule has 0 bridgehead atoms. The summed E-state index contributed by atoms with van der Waals surface area (Å²) >= 11 is 0. The monoisotopic (exact) mass is 521 g/mol. The van der Waals surface area contributed by atoms with Crippen molar-refractivity contribution in [3.05, 3.63) is 35.9 Å². The van der Waals surface area contributed by atoms with E-state index in [1.54, 1.807) is 30.3 Å². The van der Waals surface area contributed by atoms with Gasteiger partial charge < -0.3 is 0 Å². The second kappa shape index (κ2) is 8.44. The van der Waals surface area contributed by atoms with Crippen LogP contribution in [-0.4, -0.2) is 53.3 Å². The van der Waals surface area contributed by atoms with Crippen LogP contribution < -0.4 is 0 Å². The highest BCUT2D eigenvalue weighted by atomic mass is 19.4. The van der Waals surface area contributed by atoms with Crippen molar-refractivity contribution in [3.8, 4) is 0 Å². The van der Waals surface area contributed by atoms with Crippen LogP contribution in [-0.2, 0) is 6.54 Å². The molecule has 196 valence electrons. The number of likely N-dealkylation sites (tertiary alicyclic amines) is 1. The van der Waals surface area contributed by atoms with Gasteiger partial charge >= 0.3 is 35.8 Å². The first-order chi connectivity index (χ1) is 15.0. The fourth-order valence-corrected chi connectivity index (χ4v) is 3.83. The van der Waals surface area contributed by atoms with Crippen molar-refractivity contribution in [2.45, 2.75) is 75.1 Å². The van der Waals surface area contributed by atoms with Crippen LogP contribution in [0.25, 0.3) is 0 Å². The average Bonchev–Trinajstić information content (AvgIpc) is 2.94. The first-order valence-electron chi connectivity index (χ1n) is 9.77. The summed E-state index contributed by atoms with van der Waals surface area (Å²) in [5, 5.41) is 0. The molecule has 1 atom stereocenters. The second-order valence-corrected chi connectivity index (χ2v) is 8.91. The molecule has 0 saturated carbocycles. The van der Waals surface area contributed by atoms with Crippen LogP contribution in [0.1, 0.15) is 32.3 Å². The topological polar surface area (TPSA) is 3.24 Å². The van der Waals surface area contributed by atoms with Gasteiger partial charge in [-0.1, -0.05) is 44.2 Å². The lowest BCUT2D eigenvalue weighted by atomic mass is 9.79. The molecule has 1 aromatic rings. The summed E-state index contributed by atoms with van der Waals surface area (Å²) in [5.41, 5.74) is -0.718. The zero-order chi connectivity index (χ0) is 26.6. The van der Waals surface area contributed by atoms with Crippen molar-refractivity contribution in [3.63, 3.8) is 0 Å². The summed E-state index contributed by atoms with van der Waals surface area (Å²) in [6.07, 6.45) is -9.50. The Labute approximate surface area is 185 Å². The quantitative estimate of drug-likeness (QED) is 0.322. The summed E-state index contributed by atoms with van der Waals surface area (Å²) in [6, 6.07) is 6.21. The smallest absolute Gasteiger partial charge is 0.295 e. The molecule has 0 radical (unpaired) electrons. The molecule has 0 aromatic heterocycles. The van der Waals surface area contributed by atoms with Crippen LogP contribution in [0.4, 0.5) is 57.1 Å². The Balaban J connectivity index is 2.42. The van der Waals surface area contributed by atoms with Crippen LogP contribution in [0.3, 0.4) is 0 Å². The van der Waals surface area contributed by atoms with E-state index in [0.29, 0.717) is 5.56 Å². The molecule has 34 heavy (non-hydrogen) atoms. The van der Waals surface area contributed by atoms with Gasteiger partial charge in [-0.3, -0.25) is 4.90 Å². The number of alkyl halides is 13. The van der Waals surface area contributed by atoms with Crippen LogP contribution in [0.15, 0.2) is 30.3 Å². The lowest BCUT2D eigenvalue weighted by Gasteiger charge is -2.42. The van der Waals surface area contributed by atoms with E-state index in [9.17, 15) is 57.1 Å². The predicted octanol–water partition coefficient (Wildman–Crippen LogP) is 7.42. The van der Waals surface area contributed by atoms with E-state index in [4.69, 9.17) is 0 Å². The van der Waals surface area contributed by atoms with Gasteiger partial charge in [0.05, 0.1) is 0 Å². The Kier molecular flexibility index (Phi) is 7.08. The Morgan fingerprint density at radius 1 is 0.735 bits per heavy atom. The molecule has 0 N–H and O–H groups in total. The third-order valence-corrected chi connectivity index (χ3v) is 6.06. The average molecular weight is 521 g/mol. The van der Waals surface area contributed by atoms with E-state index in [1.165, 1.54) is 18.7 Å². The van der Waals surface area contributed by atoms with Crippen molar-refractivity contribution < 1.29 is 57.1 Å². The van der Waals surface area contributed by atoms with Crippen molar-refractivity contribution >= 4 is 0 Å². The van der Waals surface area contributed by atoms with Gasteiger partial charge in [0.15, 0.2) is 0 Å². The van der Waals surface area contributed by atoms with Crippen LogP contribution in [0.5, 0.6) is 0 Å². The Morgan fingerprint density at radius 3 is 1.68 bits per heavy atom. The molecule has 0 amide bonds. The minimum absolute atomic E-state index is 0.0207. The summed E-state index contributed by atoms with van der Waals surface area (Å²) in [4.78, 5) is 1.21. The molecule has 14 heteroatoms. The number of nitrogens with zero attached hydrogens (tertiary/aromatic N) is 1. The molecule has 1 saturated heterocycles. The highest BCUT2D eigenvalue weighted by molar-refractivity contribution is 5.16. The lowest BCUT2D eigenvalue weighted by molar-refractivity contribution is -0.440. The number of benzene rings is 1. The van der Waals surface area contributed by atoms with Crippen LogP contribution in [0.2, 0.25) is 0 Å². The molecule has 0 aliphatic carbocycles. The van der Waals surface area contributed by atoms with Gasteiger partial charge in [-0.05, 0) is 23.9 Å². The molecular weight excluding hydrogens is 501 g/mol. The maximum atomic E-state index is 14.5. The summed E-state index contributed by atoms with van der Waals surface area (Å²) in [7, 11) is 0. The van der Waals surface area contributed by atoms with E-state index >= 15 is 0 Å². The first kappa shape index (κ1) is 28.5. The lowest BCUT2D eigenvalue weighted by Crippen LogP contribution is -2.70. The van der Waals surface area contributed by atoms with Gasteiger partial charge in [0.1, 0.15) is 0 Å². The van der Waals surface area contributed by atoms with E-state index in [2.05, 4.69) is 0 Å². The normalized spacial score (nSPS) is 21.2. The molecular formula is C20H20F13N. The molecule has 1 aromatic carbocycles. The maximum absolute atomic E-state index is 14.5. The highest BCUT2D eigenvalue weighted by Gasteiger charge is 2.90. The molecule has 0 spiro atoms. The minimum Gasteiger partial charge on any atom is -0.295 e. The SMILES string of the molecule is CC1(C)CCN(Cc2ccccc2)C1CC(F)(F)C(F)(F)C(F)(F)C(F)(F)C(F)(F)C(F)(F)F. The van der Waals surface area contributed by atoms with E-state index in [1.807, 2.05) is 0 Å². The standard InChI is InChI=1S/C20H20F13N/c1-14(2)8-9-34(11-12-6-4-3-5-7-12)13(14)10-15(21,22)16(23,24)17(25,26)18(27,28)19(29,30)20(31,32)33/h3-7,13H,8-11H2,1-2H3. The van der Waals surface area contributed by atoms with E-state index in [-0.39, 0.29) is 19.5 Å². The highest BCUT2D eigenvalue weighted by Crippen LogP contribution is 2.61. The number of hydrogen-bond acceptors (Lipinski definition) is 1. The number of halogens is 13. The summed E-state index contributed by atoms with van der Waals surface area (Å²) in [6.45, 7) is 2.55. The van der Waals surface area contributed by atoms with Crippen molar-refractivity contribution in [2.24, 2.45) is 5.41 Å².